The number of thiocarbonyl (C=S) groups is 1. The number of hydrogen-bond acceptors (Lipinski definition) is 3. The van der Waals surface area contributed by atoms with Crippen molar-refractivity contribution in [3.63, 3.8) is 0 Å². The van der Waals surface area contributed by atoms with E-state index < -0.39 is 10.0 Å². The highest BCUT2D eigenvalue weighted by molar-refractivity contribution is 7.89. The molecule has 0 unspecified atom stereocenters. The first-order chi connectivity index (χ1) is 9.32. The maximum Gasteiger partial charge on any atom is 0.243 e. The first kappa shape index (κ1) is 16.0. The molecule has 1 fully saturated rings. The maximum absolute atomic E-state index is 12.6. The number of nitrogens with zero attached hydrogens (tertiary/aromatic N) is 1. The van der Waals surface area contributed by atoms with Crippen LogP contribution in [0.5, 0.6) is 0 Å². The van der Waals surface area contributed by atoms with Crippen molar-refractivity contribution in [2.75, 3.05) is 6.54 Å². The van der Waals surface area contributed by atoms with Gasteiger partial charge in [0, 0.05) is 19.0 Å². The van der Waals surface area contributed by atoms with Gasteiger partial charge in [-0.25, -0.2) is 8.42 Å². The molecule has 0 saturated heterocycles. The van der Waals surface area contributed by atoms with Crippen molar-refractivity contribution in [2.45, 2.75) is 30.2 Å². The Balaban J connectivity index is 2.29. The molecule has 110 valence electrons. The van der Waals surface area contributed by atoms with Gasteiger partial charge >= 0.3 is 0 Å². The molecule has 0 amide bonds. The summed E-state index contributed by atoms with van der Waals surface area (Å²) < 4.78 is 26.7. The summed E-state index contributed by atoms with van der Waals surface area (Å²) >= 11 is 16.5. The van der Waals surface area contributed by atoms with E-state index in [-0.39, 0.29) is 16.0 Å². The van der Waals surface area contributed by atoms with Gasteiger partial charge in [-0.05, 0) is 31.0 Å². The average Bonchev–Trinajstić information content (AvgIpc) is 3.16. The number of nitrogens with two attached hydrogens (primary N) is 1. The molecule has 1 aliphatic carbocycles. The molecular formula is C12H14Cl2N2O2S2. The molecule has 0 aliphatic heterocycles. The van der Waals surface area contributed by atoms with Crippen molar-refractivity contribution in [2.24, 2.45) is 5.73 Å². The molecule has 0 heterocycles. The van der Waals surface area contributed by atoms with Crippen LogP contribution in [0, 0.1) is 0 Å². The van der Waals surface area contributed by atoms with Crippen LogP contribution in [0.15, 0.2) is 23.1 Å². The monoisotopic (exact) mass is 352 g/mol. The predicted octanol–water partition coefficient (Wildman–Crippen LogP) is 2.82. The van der Waals surface area contributed by atoms with Gasteiger partial charge < -0.3 is 5.73 Å². The fraction of sp³-hybridized carbons (Fsp3) is 0.417. The Morgan fingerprint density at radius 1 is 1.35 bits per heavy atom. The minimum absolute atomic E-state index is 0.0313. The fourth-order valence-corrected chi connectivity index (χ4v) is 4.02. The van der Waals surface area contributed by atoms with Crippen LogP contribution < -0.4 is 5.73 Å². The molecule has 2 N–H and O–H groups in total. The zero-order chi connectivity index (χ0) is 14.9. The summed E-state index contributed by atoms with van der Waals surface area (Å²) in [4.78, 5) is 0.446. The minimum atomic E-state index is -3.60. The van der Waals surface area contributed by atoms with Gasteiger partial charge in [-0.1, -0.05) is 35.4 Å². The van der Waals surface area contributed by atoms with Crippen LogP contribution in [0.3, 0.4) is 0 Å². The quantitative estimate of drug-likeness (QED) is 0.799. The minimum Gasteiger partial charge on any atom is -0.393 e. The Morgan fingerprint density at radius 2 is 2.00 bits per heavy atom. The van der Waals surface area contributed by atoms with Crippen molar-refractivity contribution in [1.29, 1.82) is 0 Å². The van der Waals surface area contributed by atoms with E-state index in [0.29, 0.717) is 23.0 Å². The van der Waals surface area contributed by atoms with E-state index in [9.17, 15) is 8.42 Å². The lowest BCUT2D eigenvalue weighted by Gasteiger charge is -2.21. The van der Waals surface area contributed by atoms with Gasteiger partial charge in [0.05, 0.1) is 19.9 Å². The van der Waals surface area contributed by atoms with Crippen molar-refractivity contribution in [3.8, 4) is 0 Å². The third kappa shape index (κ3) is 3.62. The first-order valence-electron chi connectivity index (χ1n) is 6.07. The summed E-state index contributed by atoms with van der Waals surface area (Å²) in [7, 11) is -3.60. The predicted molar refractivity (Wildman–Crippen MR) is 84.8 cm³/mol. The van der Waals surface area contributed by atoms with Gasteiger partial charge in [-0.2, -0.15) is 4.31 Å². The third-order valence-electron chi connectivity index (χ3n) is 3.03. The molecule has 1 aromatic carbocycles. The van der Waals surface area contributed by atoms with E-state index in [1.807, 2.05) is 0 Å². The van der Waals surface area contributed by atoms with Crippen LogP contribution >= 0.6 is 35.4 Å². The summed E-state index contributed by atoms with van der Waals surface area (Å²) in [5.41, 5.74) is 5.46. The fourth-order valence-electron chi connectivity index (χ4n) is 1.85. The van der Waals surface area contributed by atoms with Crippen molar-refractivity contribution in [1.82, 2.24) is 4.31 Å². The highest BCUT2D eigenvalue weighted by Gasteiger charge is 2.37. The van der Waals surface area contributed by atoms with Gasteiger partial charge in [-0.3, -0.25) is 0 Å². The van der Waals surface area contributed by atoms with E-state index in [1.54, 1.807) is 0 Å². The second-order valence-corrected chi connectivity index (χ2v) is 7.87. The molecular weight excluding hydrogens is 339 g/mol. The second kappa shape index (κ2) is 6.15. The normalized spacial score (nSPS) is 15.6. The summed E-state index contributed by atoms with van der Waals surface area (Å²) in [5, 5.41) is 0.546. The molecule has 20 heavy (non-hydrogen) atoms. The van der Waals surface area contributed by atoms with Gasteiger partial charge in [0.25, 0.3) is 0 Å². The number of rotatable bonds is 6. The third-order valence-corrected chi connectivity index (χ3v) is 5.92. The zero-order valence-corrected chi connectivity index (χ0v) is 13.7. The second-order valence-electron chi connectivity index (χ2n) is 4.64. The molecule has 1 aliphatic rings. The van der Waals surface area contributed by atoms with Crippen LogP contribution in [0.1, 0.15) is 19.3 Å². The van der Waals surface area contributed by atoms with Gasteiger partial charge in [0.1, 0.15) is 0 Å². The summed E-state index contributed by atoms with van der Waals surface area (Å²) in [6.45, 7) is 0.294. The molecule has 0 aromatic heterocycles. The van der Waals surface area contributed by atoms with E-state index in [1.165, 1.54) is 22.5 Å². The molecule has 4 nitrogen and oxygen atoms in total. The molecule has 1 saturated carbocycles. The Kier molecular flexibility index (Phi) is 4.92. The van der Waals surface area contributed by atoms with Crippen molar-refractivity contribution < 1.29 is 8.42 Å². The van der Waals surface area contributed by atoms with Crippen LogP contribution in [-0.4, -0.2) is 30.3 Å². The van der Waals surface area contributed by atoms with E-state index in [0.717, 1.165) is 12.8 Å². The largest absolute Gasteiger partial charge is 0.393 e. The molecule has 2 rings (SSSR count). The van der Waals surface area contributed by atoms with Crippen LogP contribution in [-0.2, 0) is 10.0 Å². The highest BCUT2D eigenvalue weighted by Crippen LogP contribution is 2.33. The van der Waals surface area contributed by atoms with Crippen LogP contribution in [0.25, 0.3) is 0 Å². The molecule has 1 aromatic rings. The molecule has 8 heteroatoms. The lowest BCUT2D eigenvalue weighted by atomic mass is 10.4. The lowest BCUT2D eigenvalue weighted by Crippen LogP contribution is -2.35. The highest BCUT2D eigenvalue weighted by atomic mass is 35.5. The number of hydrogen-bond donors (Lipinski definition) is 1. The number of benzene rings is 1. The molecule has 0 bridgehead atoms. The van der Waals surface area contributed by atoms with E-state index in [2.05, 4.69) is 0 Å². The SMILES string of the molecule is NC(=S)CCN(C1CC1)S(=O)(=O)c1ccc(Cl)c(Cl)c1. The first-order valence-corrected chi connectivity index (χ1v) is 8.68. The van der Waals surface area contributed by atoms with E-state index >= 15 is 0 Å². The Morgan fingerprint density at radius 3 is 2.50 bits per heavy atom. The number of halogens is 2. The van der Waals surface area contributed by atoms with Crippen LogP contribution in [0.2, 0.25) is 10.0 Å². The Bertz CT molecular complexity index is 630. The van der Waals surface area contributed by atoms with Crippen molar-refractivity contribution in [3.05, 3.63) is 28.2 Å². The van der Waals surface area contributed by atoms with Gasteiger partial charge in [-0.15, -0.1) is 0 Å². The van der Waals surface area contributed by atoms with Crippen molar-refractivity contribution >= 4 is 50.4 Å². The van der Waals surface area contributed by atoms with E-state index in [4.69, 9.17) is 41.2 Å². The number of sulfonamides is 1. The summed E-state index contributed by atoms with van der Waals surface area (Å²) in [6, 6.07) is 4.34. The smallest absolute Gasteiger partial charge is 0.243 e. The average molecular weight is 353 g/mol. The van der Waals surface area contributed by atoms with Crippen LogP contribution in [0.4, 0.5) is 0 Å². The van der Waals surface area contributed by atoms with Gasteiger partial charge in [0.15, 0.2) is 0 Å². The molecule has 0 atom stereocenters. The Labute approximate surface area is 133 Å². The summed E-state index contributed by atoms with van der Waals surface area (Å²) in [6.07, 6.45) is 2.09. The zero-order valence-electron chi connectivity index (χ0n) is 10.6. The molecule has 0 spiro atoms. The lowest BCUT2D eigenvalue weighted by molar-refractivity contribution is 0.413. The van der Waals surface area contributed by atoms with Gasteiger partial charge in [0.2, 0.25) is 10.0 Å². The standard InChI is InChI=1S/C12H14Cl2N2O2S2/c13-10-4-3-9(7-11(10)14)20(17,18)16(8-1-2-8)6-5-12(15)19/h3-4,7-8H,1-2,5-6H2,(H2,15,19). The topological polar surface area (TPSA) is 63.4 Å². The maximum atomic E-state index is 12.6. The molecule has 0 radical (unpaired) electrons. The summed E-state index contributed by atoms with van der Waals surface area (Å²) in [5.74, 6) is 0. The Hall–Kier alpha value is -0.400.